The third kappa shape index (κ3) is 6.79. The Bertz CT molecular complexity index is 3360. The molecule has 0 amide bonds. The Morgan fingerprint density at radius 2 is 0.919 bits per heavy atom. The molecule has 0 spiro atoms. The van der Waals surface area contributed by atoms with Crippen LogP contribution < -0.4 is 25.5 Å². The molecule has 0 saturated heterocycles. The molecule has 4 heteroatoms. The van der Waals surface area contributed by atoms with Crippen LogP contribution in [0.4, 0.5) is 34.1 Å². The van der Waals surface area contributed by atoms with Crippen LogP contribution in [0.25, 0.3) is 10.1 Å². The summed E-state index contributed by atoms with van der Waals surface area (Å²) in [5, 5.41) is 1.42. The van der Waals surface area contributed by atoms with Crippen molar-refractivity contribution < 1.29 is 0 Å². The molecule has 2 nitrogen and oxygen atoms in total. The van der Waals surface area contributed by atoms with Crippen LogP contribution >= 0.6 is 11.3 Å². The van der Waals surface area contributed by atoms with E-state index in [0.29, 0.717) is 0 Å². The number of hydrogen-bond acceptors (Lipinski definition) is 3. The Morgan fingerprint density at radius 1 is 0.473 bits per heavy atom. The molecular weight excluding hydrogens is 912 g/mol. The van der Waals surface area contributed by atoms with Crippen molar-refractivity contribution in [2.24, 2.45) is 17.8 Å². The number of thiophene rings is 1. The van der Waals surface area contributed by atoms with Crippen LogP contribution in [-0.2, 0) is 43.3 Å². The van der Waals surface area contributed by atoms with Crippen LogP contribution in [0.15, 0.2) is 78.9 Å². The van der Waals surface area contributed by atoms with Gasteiger partial charge < -0.3 is 9.80 Å². The first-order chi connectivity index (χ1) is 34.6. The summed E-state index contributed by atoms with van der Waals surface area (Å²) in [6.45, 7) is 37.5. The molecule has 2 aliphatic heterocycles. The summed E-state index contributed by atoms with van der Waals surface area (Å²) in [5.74, 6) is 2.56. The highest BCUT2D eigenvalue weighted by Crippen LogP contribution is 2.63. The fourth-order valence-corrected chi connectivity index (χ4v) is 19.1. The van der Waals surface area contributed by atoms with Crippen LogP contribution in [0.1, 0.15) is 225 Å². The molecule has 0 atom stereocenters. The minimum Gasteiger partial charge on any atom is -0.311 e. The molecule has 7 aliphatic carbocycles. The summed E-state index contributed by atoms with van der Waals surface area (Å²) < 4.78 is 2.92. The summed E-state index contributed by atoms with van der Waals surface area (Å²) in [4.78, 5) is 5.72. The Labute approximate surface area is 450 Å². The minimum atomic E-state index is 0.0226. The lowest BCUT2D eigenvalue weighted by molar-refractivity contribution is -0.00514. The molecule has 0 unspecified atom stereocenters. The Balaban J connectivity index is 1.13. The van der Waals surface area contributed by atoms with Gasteiger partial charge in [0.25, 0.3) is 6.71 Å². The van der Waals surface area contributed by atoms with Gasteiger partial charge in [0.05, 0.1) is 5.69 Å². The van der Waals surface area contributed by atoms with Crippen molar-refractivity contribution in [1.82, 2.24) is 0 Å². The van der Waals surface area contributed by atoms with E-state index in [0.717, 1.165) is 17.8 Å². The smallest absolute Gasteiger partial charge is 0.264 e. The van der Waals surface area contributed by atoms with Gasteiger partial charge in [-0.2, -0.15) is 0 Å². The van der Waals surface area contributed by atoms with E-state index in [1.165, 1.54) is 148 Å². The molecule has 5 aromatic carbocycles. The summed E-state index contributed by atoms with van der Waals surface area (Å²) in [7, 11) is 0. The van der Waals surface area contributed by atoms with E-state index >= 15 is 0 Å². The summed E-state index contributed by atoms with van der Waals surface area (Å²) >= 11 is 2.09. The van der Waals surface area contributed by atoms with E-state index in [1.807, 2.05) is 0 Å². The van der Waals surface area contributed by atoms with Crippen molar-refractivity contribution in [2.45, 2.75) is 224 Å². The summed E-state index contributed by atoms with van der Waals surface area (Å²) in [6.07, 6.45) is 15.6. The number of hydrogen-bond donors (Lipinski definition) is 0. The molecule has 74 heavy (non-hydrogen) atoms. The zero-order valence-electron chi connectivity index (χ0n) is 48.1. The van der Waals surface area contributed by atoms with E-state index in [-0.39, 0.29) is 50.0 Å². The lowest BCUT2D eigenvalue weighted by Crippen LogP contribution is -2.61. The molecule has 4 fully saturated rings. The van der Waals surface area contributed by atoms with Crippen LogP contribution in [0.5, 0.6) is 0 Å². The van der Waals surface area contributed by atoms with Crippen molar-refractivity contribution in [1.29, 1.82) is 0 Å². The Hall–Kier alpha value is -4.28. The van der Waals surface area contributed by atoms with Gasteiger partial charge in [-0.25, -0.2) is 0 Å². The average molecular weight is 997 g/mol. The SMILES string of the molecule is CC(C)(C)c1ccc2sc3c(c2c1)N(c1ccc2c(c1)C(C)(C)CCC2(C)C)c1cc(C24CC5CC(CC(C5)C2)C4)cc2c1B3c1cc3c(cc1N2c1ccc2c(c1)C(C)(C)CCC2(C)C)C(C)(C)CCC3(C)C. The zero-order valence-corrected chi connectivity index (χ0v) is 48.9. The first-order valence-electron chi connectivity index (χ1n) is 29.5. The van der Waals surface area contributed by atoms with Crippen LogP contribution in [0.3, 0.4) is 0 Å². The molecule has 4 saturated carbocycles. The molecule has 0 radical (unpaired) electrons. The molecule has 0 N–H and O–H groups in total. The predicted octanol–water partition coefficient (Wildman–Crippen LogP) is 17.8. The highest BCUT2D eigenvalue weighted by atomic mass is 32.1. The topological polar surface area (TPSA) is 6.48 Å². The Kier molecular flexibility index (Phi) is 9.79. The van der Waals surface area contributed by atoms with Gasteiger partial charge in [0, 0.05) is 43.3 Å². The summed E-state index contributed by atoms with van der Waals surface area (Å²) in [5.41, 5.74) is 24.6. The van der Waals surface area contributed by atoms with Crippen molar-refractivity contribution in [3.05, 3.63) is 123 Å². The highest BCUT2D eigenvalue weighted by molar-refractivity contribution is 7.33. The van der Waals surface area contributed by atoms with E-state index in [2.05, 4.69) is 204 Å². The third-order valence-electron chi connectivity index (χ3n) is 22.3. The van der Waals surface area contributed by atoms with Crippen molar-refractivity contribution in [3.63, 3.8) is 0 Å². The molecule has 384 valence electrons. The van der Waals surface area contributed by atoms with Crippen molar-refractivity contribution in [3.8, 4) is 0 Å². The average Bonchev–Trinajstić information content (AvgIpc) is 3.71. The van der Waals surface area contributed by atoms with Crippen molar-refractivity contribution >= 4 is 78.0 Å². The summed E-state index contributed by atoms with van der Waals surface area (Å²) in [6, 6.07) is 34.4. The Morgan fingerprint density at radius 3 is 1.42 bits per heavy atom. The highest BCUT2D eigenvalue weighted by Gasteiger charge is 2.54. The van der Waals surface area contributed by atoms with E-state index in [1.54, 1.807) is 33.4 Å². The number of anilines is 6. The molecule has 15 rings (SSSR count). The van der Waals surface area contributed by atoms with Crippen LogP contribution in [0.2, 0.25) is 0 Å². The normalized spacial score (nSPS) is 27.5. The predicted molar refractivity (Wildman–Crippen MR) is 320 cm³/mol. The molecule has 1 aromatic heterocycles. The maximum absolute atomic E-state index is 2.87. The molecule has 9 aliphatic rings. The van der Waals surface area contributed by atoms with E-state index in [4.69, 9.17) is 0 Å². The lowest BCUT2D eigenvalue weighted by atomic mass is 9.35. The first kappa shape index (κ1) is 48.1. The number of rotatable bonds is 3. The van der Waals surface area contributed by atoms with Gasteiger partial charge in [0.2, 0.25) is 0 Å². The zero-order chi connectivity index (χ0) is 51.8. The first-order valence-corrected chi connectivity index (χ1v) is 30.3. The van der Waals surface area contributed by atoms with Gasteiger partial charge in [-0.3, -0.25) is 0 Å². The van der Waals surface area contributed by atoms with E-state index in [9.17, 15) is 0 Å². The fraction of sp³-hybridized carbons (Fsp3) is 0.543. The maximum atomic E-state index is 2.87. The van der Waals surface area contributed by atoms with Gasteiger partial charge in [-0.1, -0.05) is 128 Å². The molecule has 3 heterocycles. The van der Waals surface area contributed by atoms with E-state index < -0.39 is 0 Å². The quantitative estimate of drug-likeness (QED) is 0.163. The van der Waals surface area contributed by atoms with Crippen LogP contribution in [0, 0.1) is 17.8 Å². The maximum Gasteiger partial charge on any atom is 0.264 e. The van der Waals surface area contributed by atoms with Gasteiger partial charge in [0.1, 0.15) is 0 Å². The molecular formula is C70H85BN2S. The fourth-order valence-electron chi connectivity index (χ4n) is 17.8. The second kappa shape index (κ2) is 15.0. The number of fused-ring (bicyclic) bond motifs is 9. The molecule has 4 bridgehead atoms. The number of benzene rings is 5. The molecule has 6 aromatic rings. The van der Waals surface area contributed by atoms with Gasteiger partial charge in [-0.05, 0) is 248 Å². The van der Waals surface area contributed by atoms with Gasteiger partial charge >= 0.3 is 0 Å². The minimum absolute atomic E-state index is 0.0226. The second-order valence-corrected chi connectivity index (χ2v) is 32.3. The van der Waals surface area contributed by atoms with Crippen LogP contribution in [-0.4, -0.2) is 6.71 Å². The number of nitrogens with zero attached hydrogens (tertiary/aromatic N) is 2. The second-order valence-electron chi connectivity index (χ2n) is 31.2. The largest absolute Gasteiger partial charge is 0.311 e. The van der Waals surface area contributed by atoms with Gasteiger partial charge in [0.15, 0.2) is 0 Å². The van der Waals surface area contributed by atoms with Gasteiger partial charge in [-0.15, -0.1) is 11.3 Å². The standard InChI is InChI=1S/C70H85BN2S/c1-63(2,3)44-16-21-59-48(31-44)61-62(74-59)71-55-36-53-54(69(14,15)27-26-68(53,12)13)37-56(55)72(46-17-19-49-51(34-46)66(8,9)24-22-64(49,4)5)57-32-45(70-38-41-28-42(39-70)30-43(29-41)40-70)33-58(60(57)71)73(61)47-18-20-50-52(35-47)67(10,11)25-23-65(50,6)7/h16-21,31-37,41-43H,22-30,38-40H2,1-15H3. The third-order valence-corrected chi connectivity index (χ3v) is 23.6. The monoisotopic (exact) mass is 997 g/mol. The van der Waals surface area contributed by atoms with Crippen molar-refractivity contribution in [2.75, 3.05) is 9.80 Å². The lowest BCUT2D eigenvalue weighted by Gasteiger charge is -2.57.